The predicted octanol–water partition coefficient (Wildman–Crippen LogP) is 3.14. The summed E-state index contributed by atoms with van der Waals surface area (Å²) in [5, 5.41) is 3.18. The Bertz CT molecular complexity index is 401. The van der Waals surface area contributed by atoms with Crippen LogP contribution in [-0.2, 0) is 6.42 Å². The fourth-order valence-electron chi connectivity index (χ4n) is 2.64. The van der Waals surface area contributed by atoms with E-state index >= 15 is 0 Å². The molecular formula is C14H19F2N. The van der Waals surface area contributed by atoms with E-state index in [9.17, 15) is 8.78 Å². The maximum absolute atomic E-state index is 13.6. The zero-order chi connectivity index (χ0) is 12.5. The maximum atomic E-state index is 13.6. The molecule has 1 aromatic carbocycles. The molecule has 1 fully saturated rings. The molecule has 1 atom stereocenters. The van der Waals surface area contributed by atoms with E-state index in [-0.39, 0.29) is 5.41 Å². The van der Waals surface area contributed by atoms with Crippen LogP contribution >= 0.6 is 0 Å². The van der Waals surface area contributed by atoms with E-state index in [0.29, 0.717) is 17.9 Å². The van der Waals surface area contributed by atoms with Crippen molar-refractivity contribution in [3.8, 4) is 0 Å². The van der Waals surface area contributed by atoms with Gasteiger partial charge in [0.2, 0.25) is 0 Å². The van der Waals surface area contributed by atoms with Crippen LogP contribution in [0.25, 0.3) is 0 Å². The van der Waals surface area contributed by atoms with Crippen molar-refractivity contribution in [3.05, 3.63) is 35.4 Å². The molecule has 0 aromatic heterocycles. The van der Waals surface area contributed by atoms with Gasteiger partial charge in [0.1, 0.15) is 11.6 Å². The lowest BCUT2D eigenvalue weighted by Crippen LogP contribution is -2.34. The first-order valence-corrected chi connectivity index (χ1v) is 6.14. The Hall–Kier alpha value is -0.960. The van der Waals surface area contributed by atoms with Crippen molar-refractivity contribution in [1.82, 2.24) is 5.32 Å². The molecule has 17 heavy (non-hydrogen) atoms. The molecule has 1 unspecified atom stereocenters. The Balaban J connectivity index is 2.17. The molecule has 1 saturated carbocycles. The summed E-state index contributed by atoms with van der Waals surface area (Å²) in [7, 11) is 1.92. The molecule has 0 heterocycles. The van der Waals surface area contributed by atoms with Crippen LogP contribution in [0.5, 0.6) is 0 Å². The van der Waals surface area contributed by atoms with E-state index in [1.54, 1.807) is 6.07 Å². The number of hydrogen-bond acceptors (Lipinski definition) is 1. The maximum Gasteiger partial charge on any atom is 0.129 e. The zero-order valence-electron chi connectivity index (χ0n) is 10.4. The normalized spacial score (nSPS) is 19.1. The monoisotopic (exact) mass is 239 g/mol. The predicted molar refractivity (Wildman–Crippen MR) is 64.8 cm³/mol. The topological polar surface area (TPSA) is 12.0 Å². The molecule has 1 nitrogen and oxygen atoms in total. The Morgan fingerprint density at radius 2 is 2.06 bits per heavy atom. The van der Waals surface area contributed by atoms with Gasteiger partial charge in [0.25, 0.3) is 0 Å². The van der Waals surface area contributed by atoms with Gasteiger partial charge in [0, 0.05) is 12.6 Å². The highest BCUT2D eigenvalue weighted by Gasteiger charge is 2.41. The van der Waals surface area contributed by atoms with Crippen LogP contribution in [0.1, 0.15) is 25.3 Å². The quantitative estimate of drug-likeness (QED) is 0.832. The van der Waals surface area contributed by atoms with E-state index in [1.807, 2.05) is 7.05 Å². The number of nitrogens with one attached hydrogen (secondary N) is 1. The molecule has 1 N–H and O–H groups in total. The van der Waals surface area contributed by atoms with E-state index in [2.05, 4.69) is 12.2 Å². The van der Waals surface area contributed by atoms with Crippen molar-refractivity contribution in [1.29, 1.82) is 0 Å². The van der Waals surface area contributed by atoms with Gasteiger partial charge in [-0.25, -0.2) is 8.78 Å². The summed E-state index contributed by atoms with van der Waals surface area (Å²) < 4.78 is 26.5. The largest absolute Gasteiger partial charge is 0.319 e. The molecule has 1 aromatic rings. The van der Waals surface area contributed by atoms with Crippen LogP contribution in [0, 0.1) is 23.0 Å². The summed E-state index contributed by atoms with van der Waals surface area (Å²) in [6, 6.07) is 3.88. The molecule has 1 aliphatic carbocycles. The molecule has 0 bridgehead atoms. The molecule has 0 amide bonds. The molecule has 0 radical (unpaired) electrons. The lowest BCUT2D eigenvalue weighted by molar-refractivity contribution is 0.259. The molecule has 1 aliphatic rings. The smallest absolute Gasteiger partial charge is 0.129 e. The van der Waals surface area contributed by atoms with Gasteiger partial charge in [-0.05, 0) is 49.3 Å². The van der Waals surface area contributed by atoms with E-state index in [4.69, 9.17) is 0 Å². The van der Waals surface area contributed by atoms with Crippen molar-refractivity contribution in [2.24, 2.45) is 11.3 Å². The Morgan fingerprint density at radius 3 is 2.59 bits per heavy atom. The number of rotatable bonds is 5. The first kappa shape index (κ1) is 12.5. The van der Waals surface area contributed by atoms with Crippen LogP contribution in [-0.4, -0.2) is 13.6 Å². The van der Waals surface area contributed by atoms with Gasteiger partial charge in [-0.1, -0.05) is 13.0 Å². The van der Waals surface area contributed by atoms with Crippen molar-refractivity contribution >= 4 is 0 Å². The SMILES string of the molecule is CNCC(C)(Cc1ccc(F)cc1F)C1CC1. The van der Waals surface area contributed by atoms with Crippen molar-refractivity contribution < 1.29 is 8.78 Å². The summed E-state index contributed by atoms with van der Waals surface area (Å²) in [4.78, 5) is 0. The number of halogens is 2. The second-order valence-corrected chi connectivity index (χ2v) is 5.37. The Labute approximate surface area is 101 Å². The van der Waals surface area contributed by atoms with E-state index in [0.717, 1.165) is 12.6 Å². The third-order valence-corrected chi connectivity index (χ3v) is 3.75. The van der Waals surface area contributed by atoms with Gasteiger partial charge in [0.15, 0.2) is 0 Å². The van der Waals surface area contributed by atoms with Crippen LogP contribution in [0.15, 0.2) is 18.2 Å². The fourth-order valence-corrected chi connectivity index (χ4v) is 2.64. The fraction of sp³-hybridized carbons (Fsp3) is 0.571. The summed E-state index contributed by atoms with van der Waals surface area (Å²) in [5.74, 6) is -0.264. The highest BCUT2D eigenvalue weighted by atomic mass is 19.1. The standard InChI is InChI=1S/C14H19F2N/c1-14(9-17-2,11-4-5-11)8-10-3-6-12(15)7-13(10)16/h3,6-7,11,17H,4-5,8-9H2,1-2H3. The van der Waals surface area contributed by atoms with Crippen LogP contribution in [0.3, 0.4) is 0 Å². The molecular weight excluding hydrogens is 220 g/mol. The molecule has 0 spiro atoms. The van der Waals surface area contributed by atoms with Gasteiger partial charge in [-0.2, -0.15) is 0 Å². The van der Waals surface area contributed by atoms with Gasteiger partial charge in [0.05, 0.1) is 0 Å². The highest BCUT2D eigenvalue weighted by Crippen LogP contribution is 2.47. The second-order valence-electron chi connectivity index (χ2n) is 5.37. The van der Waals surface area contributed by atoms with E-state index < -0.39 is 11.6 Å². The average molecular weight is 239 g/mol. The summed E-state index contributed by atoms with van der Waals surface area (Å²) in [5.41, 5.74) is 0.698. The summed E-state index contributed by atoms with van der Waals surface area (Å²) >= 11 is 0. The Morgan fingerprint density at radius 1 is 1.35 bits per heavy atom. The molecule has 2 rings (SSSR count). The second kappa shape index (κ2) is 4.73. The van der Waals surface area contributed by atoms with Gasteiger partial charge in [-0.15, -0.1) is 0 Å². The molecule has 0 saturated heterocycles. The Kier molecular flexibility index (Phi) is 3.48. The third-order valence-electron chi connectivity index (χ3n) is 3.75. The first-order chi connectivity index (χ1) is 8.05. The first-order valence-electron chi connectivity index (χ1n) is 6.14. The average Bonchev–Trinajstić information content (AvgIpc) is 3.06. The van der Waals surface area contributed by atoms with Crippen molar-refractivity contribution in [2.75, 3.05) is 13.6 Å². The van der Waals surface area contributed by atoms with Crippen molar-refractivity contribution in [2.45, 2.75) is 26.2 Å². The number of benzene rings is 1. The molecule has 94 valence electrons. The van der Waals surface area contributed by atoms with Gasteiger partial charge in [-0.3, -0.25) is 0 Å². The molecule has 3 heteroatoms. The van der Waals surface area contributed by atoms with Gasteiger partial charge >= 0.3 is 0 Å². The summed E-state index contributed by atoms with van der Waals surface area (Å²) in [6.45, 7) is 3.05. The highest BCUT2D eigenvalue weighted by molar-refractivity contribution is 5.21. The summed E-state index contributed by atoms with van der Waals surface area (Å²) in [6.07, 6.45) is 3.12. The zero-order valence-corrected chi connectivity index (χ0v) is 10.4. The molecule has 0 aliphatic heterocycles. The minimum absolute atomic E-state index is 0.0768. The van der Waals surface area contributed by atoms with Crippen LogP contribution in [0.2, 0.25) is 0 Å². The lowest BCUT2D eigenvalue weighted by Gasteiger charge is -2.30. The van der Waals surface area contributed by atoms with Crippen LogP contribution in [0.4, 0.5) is 8.78 Å². The van der Waals surface area contributed by atoms with E-state index in [1.165, 1.54) is 18.9 Å². The number of hydrogen-bond donors (Lipinski definition) is 1. The third kappa shape index (κ3) is 2.83. The lowest BCUT2D eigenvalue weighted by atomic mass is 9.79. The van der Waals surface area contributed by atoms with Crippen molar-refractivity contribution in [3.63, 3.8) is 0 Å². The minimum Gasteiger partial charge on any atom is -0.319 e. The van der Waals surface area contributed by atoms with Crippen LogP contribution < -0.4 is 5.32 Å². The van der Waals surface area contributed by atoms with Gasteiger partial charge < -0.3 is 5.32 Å². The minimum atomic E-state index is -0.506.